The Morgan fingerprint density at radius 2 is 1.92 bits per heavy atom. The summed E-state index contributed by atoms with van der Waals surface area (Å²) in [6.45, 7) is 6.73. The van der Waals surface area contributed by atoms with Gasteiger partial charge in [-0.3, -0.25) is 9.59 Å². The minimum absolute atomic E-state index is 0.00879. The molecule has 0 radical (unpaired) electrons. The van der Waals surface area contributed by atoms with Crippen molar-refractivity contribution < 1.29 is 14.0 Å². The van der Waals surface area contributed by atoms with Crippen LogP contribution in [0.25, 0.3) is 10.3 Å². The minimum Gasteiger partial charge on any atom is -0.319 e. The Balaban J connectivity index is 1.61. The van der Waals surface area contributed by atoms with Crippen molar-refractivity contribution in [1.29, 1.82) is 5.26 Å². The average molecular weight is 518 g/mol. The normalized spacial score (nSPS) is 11.2. The third-order valence-corrected chi connectivity index (χ3v) is 6.72. The summed E-state index contributed by atoms with van der Waals surface area (Å²) in [6.07, 6.45) is 1.54. The van der Waals surface area contributed by atoms with Gasteiger partial charge in [-0.1, -0.05) is 23.5 Å². The third kappa shape index (κ3) is 5.24. The van der Waals surface area contributed by atoms with Gasteiger partial charge in [0.15, 0.2) is 9.96 Å². The number of hydrogen-bond acceptors (Lipinski definition) is 8. The second kappa shape index (κ2) is 9.91. The lowest BCUT2D eigenvalue weighted by atomic mass is 9.82. The van der Waals surface area contributed by atoms with Gasteiger partial charge in [-0.25, -0.2) is 14.4 Å². The highest BCUT2D eigenvalue weighted by Crippen LogP contribution is 2.31. The monoisotopic (exact) mass is 517 g/mol. The summed E-state index contributed by atoms with van der Waals surface area (Å²) in [5, 5.41) is 15.2. The van der Waals surface area contributed by atoms with Crippen molar-refractivity contribution in [3.63, 3.8) is 0 Å². The van der Waals surface area contributed by atoms with Crippen LogP contribution in [0.3, 0.4) is 0 Å². The molecule has 2 aromatic heterocycles. The number of fused-ring (bicyclic) bond motifs is 1. The van der Waals surface area contributed by atoms with Crippen LogP contribution in [-0.2, 0) is 10.2 Å². The molecule has 0 aliphatic rings. The molecule has 0 saturated heterocycles. The first kappa shape index (κ1) is 25.7. The number of nitrogens with one attached hydrogen (secondary N) is 2. The number of rotatable bonds is 6. The Bertz CT molecular complexity index is 1580. The molecule has 0 saturated carbocycles. The number of hydrogen-bond donors (Lipinski definition) is 2. The third-order valence-electron chi connectivity index (χ3n) is 5.84. The molecule has 0 bridgehead atoms. The second-order valence-corrected chi connectivity index (χ2v) is 9.93. The highest BCUT2D eigenvalue weighted by atomic mass is 32.1. The van der Waals surface area contributed by atoms with E-state index in [1.54, 1.807) is 57.1 Å². The molecule has 2 N–H and O–H groups in total. The largest absolute Gasteiger partial charge is 0.319 e. The Morgan fingerprint density at radius 1 is 1.16 bits per heavy atom. The topological polar surface area (TPSA) is 124 Å². The van der Waals surface area contributed by atoms with Gasteiger partial charge in [-0.15, -0.1) is 0 Å². The molecule has 37 heavy (non-hydrogen) atoms. The van der Waals surface area contributed by atoms with E-state index in [9.17, 15) is 19.2 Å². The molecule has 188 valence electrons. The molecular weight excluding hydrogens is 493 g/mol. The predicted molar refractivity (Wildman–Crippen MR) is 142 cm³/mol. The number of aromatic nitrogens is 3. The van der Waals surface area contributed by atoms with Gasteiger partial charge in [0, 0.05) is 25.2 Å². The fraction of sp³-hybridized carbons (Fsp3) is 0.231. The molecule has 0 unspecified atom stereocenters. The quantitative estimate of drug-likeness (QED) is 0.355. The minimum atomic E-state index is -0.781. The number of nitrogens with zero attached hydrogens (tertiary/aromatic N) is 5. The molecule has 4 aromatic rings. The van der Waals surface area contributed by atoms with E-state index in [-0.39, 0.29) is 11.6 Å². The molecule has 2 amide bonds. The number of carbonyl (C=O) groups is 2. The molecule has 2 heterocycles. The number of nitriles is 1. The van der Waals surface area contributed by atoms with E-state index in [1.807, 2.05) is 6.07 Å². The SMILES string of the molecule is CC(=O)Nc1nc2cnc(N(C)c3ccc(F)c(NC(=O)c4cccc(C(C)(C)C#N)c4C)c3)nc2s1. The van der Waals surface area contributed by atoms with E-state index >= 15 is 0 Å². The summed E-state index contributed by atoms with van der Waals surface area (Å²) in [6, 6.07) is 11.7. The summed E-state index contributed by atoms with van der Waals surface area (Å²) in [5.41, 5.74) is 2.03. The maximum Gasteiger partial charge on any atom is 0.256 e. The maximum atomic E-state index is 14.7. The van der Waals surface area contributed by atoms with E-state index in [0.29, 0.717) is 38.2 Å². The number of amides is 2. The van der Waals surface area contributed by atoms with Crippen LogP contribution >= 0.6 is 11.3 Å². The number of carbonyl (C=O) groups excluding carboxylic acids is 2. The number of benzene rings is 2. The van der Waals surface area contributed by atoms with E-state index in [4.69, 9.17) is 0 Å². The summed E-state index contributed by atoms with van der Waals surface area (Å²) >= 11 is 1.21. The van der Waals surface area contributed by atoms with Crippen molar-refractivity contribution in [2.24, 2.45) is 0 Å². The Kier molecular flexibility index (Phi) is 6.87. The maximum absolute atomic E-state index is 14.7. The van der Waals surface area contributed by atoms with E-state index in [1.165, 1.54) is 30.4 Å². The molecule has 9 nitrogen and oxygen atoms in total. The molecule has 0 spiro atoms. The van der Waals surface area contributed by atoms with Gasteiger partial charge in [0.1, 0.15) is 11.3 Å². The van der Waals surface area contributed by atoms with Gasteiger partial charge < -0.3 is 15.5 Å². The number of thiazole rings is 1. The first-order valence-corrected chi connectivity index (χ1v) is 12.1. The zero-order valence-electron chi connectivity index (χ0n) is 20.9. The Morgan fingerprint density at radius 3 is 2.62 bits per heavy atom. The van der Waals surface area contributed by atoms with E-state index in [0.717, 1.165) is 5.56 Å². The molecule has 4 rings (SSSR count). The smallest absolute Gasteiger partial charge is 0.256 e. The van der Waals surface area contributed by atoms with E-state index < -0.39 is 17.1 Å². The van der Waals surface area contributed by atoms with Gasteiger partial charge in [-0.05, 0) is 56.2 Å². The van der Waals surface area contributed by atoms with Crippen molar-refractivity contribution in [3.05, 3.63) is 65.1 Å². The highest BCUT2D eigenvalue weighted by Gasteiger charge is 2.25. The predicted octanol–water partition coefficient (Wildman–Crippen LogP) is 5.31. The lowest BCUT2D eigenvalue weighted by Crippen LogP contribution is -2.20. The van der Waals surface area contributed by atoms with E-state index in [2.05, 4.69) is 31.7 Å². The number of halogens is 1. The second-order valence-electron chi connectivity index (χ2n) is 8.95. The van der Waals surface area contributed by atoms with Crippen LogP contribution < -0.4 is 15.5 Å². The molecule has 0 fully saturated rings. The summed E-state index contributed by atoms with van der Waals surface area (Å²) in [4.78, 5) is 39.7. The van der Waals surface area contributed by atoms with Crippen LogP contribution in [-0.4, -0.2) is 33.8 Å². The van der Waals surface area contributed by atoms with Crippen LogP contribution in [0.1, 0.15) is 42.3 Å². The van der Waals surface area contributed by atoms with Gasteiger partial charge in [0.05, 0.1) is 23.4 Å². The van der Waals surface area contributed by atoms with Crippen molar-refractivity contribution in [2.75, 3.05) is 22.6 Å². The summed E-state index contributed by atoms with van der Waals surface area (Å²) in [7, 11) is 1.72. The molecule has 2 aromatic carbocycles. The van der Waals surface area contributed by atoms with Crippen LogP contribution in [0.4, 0.5) is 26.8 Å². The first-order chi connectivity index (χ1) is 17.5. The number of anilines is 4. The van der Waals surface area contributed by atoms with Crippen LogP contribution in [0, 0.1) is 24.1 Å². The molecule has 0 aliphatic carbocycles. The molecule has 0 atom stereocenters. The zero-order chi connectivity index (χ0) is 26.9. The van der Waals surface area contributed by atoms with Crippen LogP contribution in [0.5, 0.6) is 0 Å². The molecule has 11 heteroatoms. The average Bonchev–Trinajstić information content (AvgIpc) is 3.25. The first-order valence-electron chi connectivity index (χ1n) is 11.3. The van der Waals surface area contributed by atoms with Gasteiger partial charge in [-0.2, -0.15) is 10.2 Å². The highest BCUT2D eigenvalue weighted by molar-refractivity contribution is 7.21. The standard InChI is InChI=1S/C26H24FN7O2S/c1-14-17(7-6-8-18(14)26(3,4)13-28)22(36)31-20-11-16(9-10-19(20)27)34(5)24-29-12-21-23(33-24)37-25(32-21)30-15(2)35/h6-12H,1-5H3,(H,31,36)(H,30,32,35). The lowest BCUT2D eigenvalue weighted by molar-refractivity contribution is -0.114. The molecule has 0 aliphatic heterocycles. The van der Waals surface area contributed by atoms with Crippen molar-refractivity contribution >= 4 is 56.0 Å². The summed E-state index contributed by atoms with van der Waals surface area (Å²) in [5.74, 6) is -0.993. The Labute approximate surface area is 217 Å². The molecular formula is C26H24FN7O2S. The van der Waals surface area contributed by atoms with Crippen molar-refractivity contribution in [2.45, 2.75) is 33.1 Å². The van der Waals surface area contributed by atoms with Crippen molar-refractivity contribution in [3.8, 4) is 6.07 Å². The Hall–Kier alpha value is -4.43. The van der Waals surface area contributed by atoms with Gasteiger partial charge >= 0.3 is 0 Å². The fourth-order valence-corrected chi connectivity index (χ4v) is 4.69. The lowest BCUT2D eigenvalue weighted by Gasteiger charge is -2.21. The van der Waals surface area contributed by atoms with Gasteiger partial charge in [0.25, 0.3) is 5.91 Å². The van der Waals surface area contributed by atoms with Crippen LogP contribution in [0.2, 0.25) is 0 Å². The van der Waals surface area contributed by atoms with Crippen molar-refractivity contribution in [1.82, 2.24) is 15.0 Å². The van der Waals surface area contributed by atoms with Gasteiger partial charge in [0.2, 0.25) is 11.9 Å². The van der Waals surface area contributed by atoms with Crippen LogP contribution in [0.15, 0.2) is 42.6 Å². The summed E-state index contributed by atoms with van der Waals surface area (Å²) < 4.78 is 14.7. The fourth-order valence-electron chi connectivity index (χ4n) is 3.83. The zero-order valence-corrected chi connectivity index (χ0v) is 21.7.